The number of halogens is 1. The van der Waals surface area contributed by atoms with Crippen molar-refractivity contribution in [3.63, 3.8) is 0 Å². The van der Waals surface area contributed by atoms with Crippen molar-refractivity contribution in [3.8, 4) is 0 Å². The minimum Gasteiger partial charge on any atom is -0.374 e. The third-order valence-electron chi connectivity index (χ3n) is 3.18. The van der Waals surface area contributed by atoms with E-state index in [1.807, 2.05) is 30.3 Å². The molecule has 0 aliphatic rings. The summed E-state index contributed by atoms with van der Waals surface area (Å²) in [7, 11) is 0. The molecule has 5 heteroatoms. The van der Waals surface area contributed by atoms with Crippen LogP contribution in [-0.4, -0.2) is 17.4 Å². The quantitative estimate of drug-likeness (QED) is 0.775. The van der Waals surface area contributed by atoms with Crippen LogP contribution in [-0.2, 0) is 4.79 Å². The number of anilines is 2. The Labute approximate surface area is 127 Å². The number of hydrogen-bond donors (Lipinski definition) is 2. The molecule has 0 aliphatic carbocycles. The largest absolute Gasteiger partial charge is 0.374 e. The van der Waals surface area contributed by atoms with E-state index in [0.29, 0.717) is 5.69 Å². The van der Waals surface area contributed by atoms with Crippen LogP contribution in [0.2, 0.25) is 0 Å². The predicted octanol–water partition coefficient (Wildman–Crippen LogP) is 3.42. The van der Waals surface area contributed by atoms with Gasteiger partial charge in [0.15, 0.2) is 0 Å². The highest BCUT2D eigenvalue weighted by Crippen LogP contribution is 2.20. The summed E-state index contributed by atoms with van der Waals surface area (Å²) in [5.41, 5.74) is 2.03. The van der Waals surface area contributed by atoms with E-state index in [1.54, 1.807) is 18.3 Å². The number of rotatable bonds is 4. The van der Waals surface area contributed by atoms with Crippen molar-refractivity contribution in [3.05, 3.63) is 66.6 Å². The maximum Gasteiger partial charge on any atom is 0.243 e. The molecule has 110 valence electrons. The van der Waals surface area contributed by atoms with E-state index in [1.165, 1.54) is 12.1 Å². The Bertz CT molecular complexity index is 814. The van der Waals surface area contributed by atoms with Crippen molar-refractivity contribution in [2.24, 2.45) is 0 Å². The number of fused-ring (bicyclic) bond motifs is 1. The Balaban J connectivity index is 1.68. The SMILES string of the molecule is O=C(CNc1cccc2cccnc12)Nc1cccc(F)c1. The van der Waals surface area contributed by atoms with E-state index < -0.39 is 0 Å². The zero-order valence-corrected chi connectivity index (χ0v) is 11.7. The smallest absolute Gasteiger partial charge is 0.243 e. The van der Waals surface area contributed by atoms with Gasteiger partial charge in [0.05, 0.1) is 17.7 Å². The van der Waals surface area contributed by atoms with Crippen LogP contribution in [0.25, 0.3) is 10.9 Å². The maximum atomic E-state index is 13.1. The molecule has 1 heterocycles. The van der Waals surface area contributed by atoms with Gasteiger partial charge in [0.2, 0.25) is 5.91 Å². The molecule has 1 amide bonds. The van der Waals surface area contributed by atoms with E-state index in [4.69, 9.17) is 0 Å². The Hall–Kier alpha value is -2.95. The van der Waals surface area contributed by atoms with E-state index in [2.05, 4.69) is 15.6 Å². The molecule has 0 saturated carbocycles. The Kier molecular flexibility index (Phi) is 3.96. The van der Waals surface area contributed by atoms with Gasteiger partial charge < -0.3 is 10.6 Å². The first kappa shape index (κ1) is 14.0. The second-order valence-corrected chi connectivity index (χ2v) is 4.79. The summed E-state index contributed by atoms with van der Waals surface area (Å²) in [6, 6.07) is 15.3. The van der Waals surface area contributed by atoms with Crippen molar-refractivity contribution in [2.75, 3.05) is 17.2 Å². The lowest BCUT2D eigenvalue weighted by molar-refractivity contribution is -0.114. The van der Waals surface area contributed by atoms with Crippen LogP contribution in [0.1, 0.15) is 0 Å². The summed E-state index contributed by atoms with van der Waals surface area (Å²) in [5.74, 6) is -0.637. The standard InChI is InChI=1S/C17H14FN3O/c18-13-6-2-7-14(10-13)21-16(22)11-20-15-8-1-4-12-5-3-9-19-17(12)15/h1-10,20H,11H2,(H,21,22). The monoisotopic (exact) mass is 295 g/mol. The lowest BCUT2D eigenvalue weighted by atomic mass is 10.2. The zero-order chi connectivity index (χ0) is 15.4. The summed E-state index contributed by atoms with van der Waals surface area (Å²) in [6.07, 6.45) is 1.71. The summed E-state index contributed by atoms with van der Waals surface area (Å²) in [4.78, 5) is 16.2. The molecule has 22 heavy (non-hydrogen) atoms. The fourth-order valence-corrected chi connectivity index (χ4v) is 2.19. The fraction of sp³-hybridized carbons (Fsp3) is 0.0588. The van der Waals surface area contributed by atoms with E-state index in [9.17, 15) is 9.18 Å². The fourth-order valence-electron chi connectivity index (χ4n) is 2.19. The number of nitrogens with zero attached hydrogens (tertiary/aromatic N) is 1. The minimum atomic E-state index is -0.385. The minimum absolute atomic E-state index is 0.0756. The van der Waals surface area contributed by atoms with Crippen LogP contribution < -0.4 is 10.6 Å². The molecule has 4 nitrogen and oxygen atoms in total. The molecule has 0 bridgehead atoms. The van der Waals surface area contributed by atoms with Crippen LogP contribution in [0.5, 0.6) is 0 Å². The molecule has 2 N–H and O–H groups in total. The van der Waals surface area contributed by atoms with Crippen molar-refractivity contribution in [1.82, 2.24) is 4.98 Å². The van der Waals surface area contributed by atoms with Crippen molar-refractivity contribution >= 4 is 28.2 Å². The maximum absolute atomic E-state index is 13.1. The van der Waals surface area contributed by atoms with Crippen LogP contribution in [0.15, 0.2) is 60.8 Å². The van der Waals surface area contributed by atoms with Gasteiger partial charge in [-0.05, 0) is 30.3 Å². The number of aromatic nitrogens is 1. The van der Waals surface area contributed by atoms with Crippen molar-refractivity contribution in [1.29, 1.82) is 0 Å². The lowest BCUT2D eigenvalue weighted by Gasteiger charge is -2.09. The molecule has 0 radical (unpaired) electrons. The van der Waals surface area contributed by atoms with E-state index in [0.717, 1.165) is 16.6 Å². The predicted molar refractivity (Wildman–Crippen MR) is 85.3 cm³/mol. The van der Waals surface area contributed by atoms with Gasteiger partial charge >= 0.3 is 0 Å². The number of hydrogen-bond acceptors (Lipinski definition) is 3. The number of para-hydroxylation sites is 1. The van der Waals surface area contributed by atoms with E-state index >= 15 is 0 Å². The van der Waals surface area contributed by atoms with Crippen LogP contribution in [0.4, 0.5) is 15.8 Å². The summed E-state index contributed by atoms with van der Waals surface area (Å²) < 4.78 is 13.1. The Morgan fingerprint density at radius 1 is 1.09 bits per heavy atom. The summed E-state index contributed by atoms with van der Waals surface area (Å²) >= 11 is 0. The van der Waals surface area contributed by atoms with E-state index in [-0.39, 0.29) is 18.3 Å². The van der Waals surface area contributed by atoms with Crippen LogP contribution in [0.3, 0.4) is 0 Å². The first-order valence-electron chi connectivity index (χ1n) is 6.85. The molecule has 0 spiro atoms. The van der Waals surface area contributed by atoms with Gasteiger partial charge in [0, 0.05) is 17.3 Å². The molecule has 0 atom stereocenters. The normalized spacial score (nSPS) is 10.4. The molecule has 0 saturated heterocycles. The molecule has 3 aromatic rings. The Morgan fingerprint density at radius 3 is 2.77 bits per heavy atom. The van der Waals surface area contributed by atoms with Gasteiger partial charge in [-0.15, -0.1) is 0 Å². The molecule has 1 aromatic heterocycles. The third kappa shape index (κ3) is 3.20. The zero-order valence-electron chi connectivity index (χ0n) is 11.7. The molecule has 2 aromatic carbocycles. The van der Waals surface area contributed by atoms with Gasteiger partial charge in [-0.1, -0.05) is 24.3 Å². The number of amides is 1. The highest BCUT2D eigenvalue weighted by Gasteiger charge is 2.05. The molecular formula is C17H14FN3O. The second-order valence-electron chi connectivity index (χ2n) is 4.79. The molecular weight excluding hydrogens is 281 g/mol. The second kappa shape index (κ2) is 6.22. The van der Waals surface area contributed by atoms with Crippen LogP contribution >= 0.6 is 0 Å². The lowest BCUT2D eigenvalue weighted by Crippen LogP contribution is -2.21. The Morgan fingerprint density at radius 2 is 1.91 bits per heavy atom. The first-order chi connectivity index (χ1) is 10.7. The van der Waals surface area contributed by atoms with Gasteiger partial charge in [0.1, 0.15) is 5.82 Å². The number of nitrogens with one attached hydrogen (secondary N) is 2. The van der Waals surface area contributed by atoms with Gasteiger partial charge in [-0.25, -0.2) is 4.39 Å². The molecule has 0 unspecified atom stereocenters. The molecule has 0 fully saturated rings. The van der Waals surface area contributed by atoms with Gasteiger partial charge in [0.25, 0.3) is 0 Å². The number of pyridine rings is 1. The summed E-state index contributed by atoms with van der Waals surface area (Å²) in [5, 5.41) is 6.69. The topological polar surface area (TPSA) is 54.0 Å². The third-order valence-corrected chi connectivity index (χ3v) is 3.18. The molecule has 3 rings (SSSR count). The molecule has 0 aliphatic heterocycles. The van der Waals surface area contributed by atoms with Crippen molar-refractivity contribution in [2.45, 2.75) is 0 Å². The highest BCUT2D eigenvalue weighted by atomic mass is 19.1. The number of carbonyl (C=O) groups excluding carboxylic acids is 1. The average Bonchev–Trinajstić information content (AvgIpc) is 2.53. The highest BCUT2D eigenvalue weighted by molar-refractivity contribution is 5.96. The van der Waals surface area contributed by atoms with Gasteiger partial charge in [-0.2, -0.15) is 0 Å². The van der Waals surface area contributed by atoms with Crippen molar-refractivity contribution < 1.29 is 9.18 Å². The average molecular weight is 295 g/mol. The number of carbonyl (C=O) groups is 1. The summed E-state index contributed by atoms with van der Waals surface area (Å²) in [6.45, 7) is 0.0756. The number of benzene rings is 2. The van der Waals surface area contributed by atoms with Gasteiger partial charge in [-0.3, -0.25) is 9.78 Å². The first-order valence-corrected chi connectivity index (χ1v) is 6.85. The van der Waals surface area contributed by atoms with Crippen LogP contribution in [0, 0.1) is 5.82 Å².